The Morgan fingerprint density at radius 2 is 1.89 bits per heavy atom. The molecule has 0 spiro atoms. The van der Waals surface area contributed by atoms with Crippen LogP contribution < -0.4 is 9.64 Å². The molecule has 0 atom stereocenters. The molecule has 2 aromatic heterocycles. The van der Waals surface area contributed by atoms with Crippen LogP contribution in [0.25, 0.3) is 16.9 Å². The van der Waals surface area contributed by atoms with E-state index in [-0.39, 0.29) is 11.9 Å². The molecule has 0 saturated carbocycles. The van der Waals surface area contributed by atoms with Crippen LogP contribution in [0.5, 0.6) is 5.75 Å². The van der Waals surface area contributed by atoms with Crippen molar-refractivity contribution in [3.8, 4) is 11.4 Å². The molecule has 3 aromatic rings. The molecule has 1 N–H and O–H groups in total. The first-order valence-corrected chi connectivity index (χ1v) is 8.41. The topological polar surface area (TPSA) is 76.3 Å². The Labute approximate surface area is 152 Å². The first-order valence-electron chi connectivity index (χ1n) is 8.41. The highest BCUT2D eigenvalue weighted by Gasteiger charge is 2.31. The van der Waals surface area contributed by atoms with E-state index < -0.39 is 6.36 Å². The smallest absolute Gasteiger partial charge is 0.406 e. The number of hydrogen-bond donors (Lipinski definition) is 1. The van der Waals surface area contributed by atoms with Crippen molar-refractivity contribution in [1.82, 2.24) is 20.0 Å². The number of aromatic nitrogens is 4. The number of nitrogens with zero attached hydrogens (tertiary/aromatic N) is 5. The molecular formula is C17H16F3N5O2. The first kappa shape index (κ1) is 17.5. The molecule has 1 fully saturated rings. The number of hydrogen-bond acceptors (Lipinski definition) is 6. The fourth-order valence-corrected chi connectivity index (χ4v) is 3.06. The number of piperidine rings is 1. The van der Waals surface area contributed by atoms with Gasteiger partial charge in [-0.25, -0.2) is 4.98 Å². The molecule has 1 aliphatic heterocycles. The maximum absolute atomic E-state index is 12.5. The van der Waals surface area contributed by atoms with Gasteiger partial charge in [0.1, 0.15) is 17.1 Å². The number of rotatable bonds is 3. The number of alkyl halides is 3. The lowest BCUT2D eigenvalue weighted by atomic mass is 10.1. The van der Waals surface area contributed by atoms with Gasteiger partial charge in [-0.1, -0.05) is 11.3 Å². The molecule has 1 aromatic carbocycles. The number of halogens is 3. The molecule has 1 saturated heterocycles. The normalized spacial score (nSPS) is 16.1. The maximum atomic E-state index is 12.5. The Morgan fingerprint density at radius 3 is 2.63 bits per heavy atom. The Bertz CT molecular complexity index is 951. The monoisotopic (exact) mass is 379 g/mol. The third-order valence-electron chi connectivity index (χ3n) is 4.37. The lowest BCUT2D eigenvalue weighted by Crippen LogP contribution is -2.36. The van der Waals surface area contributed by atoms with Crippen molar-refractivity contribution in [3.05, 3.63) is 36.4 Å². The maximum Gasteiger partial charge on any atom is 0.573 e. The summed E-state index contributed by atoms with van der Waals surface area (Å²) in [5.41, 5.74) is 1.32. The number of ether oxygens (including phenoxy) is 1. The molecule has 142 valence electrons. The number of aliphatic hydroxyl groups is 1. The van der Waals surface area contributed by atoms with Gasteiger partial charge in [-0.3, -0.25) is 0 Å². The van der Waals surface area contributed by atoms with Crippen molar-refractivity contribution in [3.63, 3.8) is 0 Å². The summed E-state index contributed by atoms with van der Waals surface area (Å²) in [5, 5.41) is 17.7. The number of benzene rings is 1. The summed E-state index contributed by atoms with van der Waals surface area (Å²) in [6, 6.07) is 9.08. The molecular weight excluding hydrogens is 363 g/mol. The average molecular weight is 379 g/mol. The van der Waals surface area contributed by atoms with Gasteiger partial charge in [0.15, 0.2) is 5.65 Å². The Kier molecular flexibility index (Phi) is 4.34. The second-order valence-corrected chi connectivity index (χ2v) is 6.28. The molecule has 7 nitrogen and oxygen atoms in total. The van der Waals surface area contributed by atoms with Gasteiger partial charge in [-0.15, -0.1) is 18.3 Å². The third-order valence-corrected chi connectivity index (χ3v) is 4.37. The van der Waals surface area contributed by atoms with Gasteiger partial charge in [-0.05, 0) is 37.1 Å². The predicted octanol–water partition coefficient (Wildman–Crippen LogP) is 2.68. The minimum atomic E-state index is -4.77. The van der Waals surface area contributed by atoms with E-state index in [9.17, 15) is 18.3 Å². The Hall–Kier alpha value is -2.88. The number of pyridine rings is 1. The van der Waals surface area contributed by atoms with E-state index in [4.69, 9.17) is 0 Å². The second-order valence-electron chi connectivity index (χ2n) is 6.28. The number of anilines is 1. The summed E-state index contributed by atoms with van der Waals surface area (Å²) in [7, 11) is 0. The molecule has 10 heteroatoms. The molecule has 3 heterocycles. The van der Waals surface area contributed by atoms with Crippen molar-refractivity contribution in [2.24, 2.45) is 0 Å². The molecule has 0 bridgehead atoms. The van der Waals surface area contributed by atoms with E-state index in [2.05, 4.69) is 20.0 Å². The van der Waals surface area contributed by atoms with Gasteiger partial charge >= 0.3 is 6.36 Å². The van der Waals surface area contributed by atoms with Gasteiger partial charge in [-0.2, -0.15) is 4.68 Å². The summed E-state index contributed by atoms with van der Waals surface area (Å²) in [4.78, 5) is 6.63. The van der Waals surface area contributed by atoms with Crippen molar-refractivity contribution in [1.29, 1.82) is 0 Å². The summed E-state index contributed by atoms with van der Waals surface area (Å²) >= 11 is 0. The van der Waals surface area contributed by atoms with Crippen LogP contribution in [0.4, 0.5) is 19.0 Å². The summed E-state index contributed by atoms with van der Waals surface area (Å²) in [6.07, 6.45) is -3.75. The van der Waals surface area contributed by atoms with Crippen molar-refractivity contribution in [2.75, 3.05) is 18.0 Å². The first-order chi connectivity index (χ1) is 12.9. The third kappa shape index (κ3) is 3.80. The van der Waals surface area contributed by atoms with Crippen LogP contribution in [0.2, 0.25) is 0 Å². The summed E-state index contributed by atoms with van der Waals surface area (Å²) in [6.45, 7) is 1.35. The molecule has 0 aliphatic carbocycles. The van der Waals surface area contributed by atoms with Crippen LogP contribution in [0.1, 0.15) is 12.8 Å². The molecule has 0 radical (unpaired) electrons. The van der Waals surface area contributed by atoms with Crippen molar-refractivity contribution in [2.45, 2.75) is 25.3 Å². The van der Waals surface area contributed by atoms with Crippen LogP contribution >= 0.6 is 0 Å². The highest BCUT2D eigenvalue weighted by Crippen LogP contribution is 2.26. The van der Waals surface area contributed by atoms with Crippen molar-refractivity contribution >= 4 is 17.0 Å². The quantitative estimate of drug-likeness (QED) is 0.754. The molecule has 0 amide bonds. The van der Waals surface area contributed by atoms with Gasteiger partial charge in [0, 0.05) is 19.2 Å². The number of fused-ring (bicyclic) bond motifs is 1. The van der Waals surface area contributed by atoms with Gasteiger partial charge in [0.05, 0.1) is 11.8 Å². The minimum Gasteiger partial charge on any atom is -0.406 e. The summed E-state index contributed by atoms with van der Waals surface area (Å²) < 4.78 is 42.7. The standard InChI is InChI=1S/C17H16F3N5O2/c18-17(19,20)27-13-3-1-2-11(10-13)25-16-14(22-23-25)4-5-15(21-16)24-8-6-12(26)7-9-24/h1-5,10,12,26H,6-9H2. The van der Waals surface area contributed by atoms with E-state index in [0.717, 1.165) is 0 Å². The van der Waals surface area contributed by atoms with E-state index in [0.29, 0.717) is 48.6 Å². The largest absolute Gasteiger partial charge is 0.573 e. The zero-order chi connectivity index (χ0) is 19.0. The Balaban J connectivity index is 1.68. The van der Waals surface area contributed by atoms with Gasteiger partial charge < -0.3 is 14.7 Å². The summed E-state index contributed by atoms with van der Waals surface area (Å²) in [5.74, 6) is 0.366. The Morgan fingerprint density at radius 1 is 1.11 bits per heavy atom. The van der Waals surface area contributed by atoms with E-state index in [1.807, 2.05) is 11.0 Å². The molecule has 4 rings (SSSR count). The minimum absolute atomic E-state index is 0.298. The van der Waals surface area contributed by atoms with Crippen LogP contribution in [-0.4, -0.2) is 50.6 Å². The van der Waals surface area contributed by atoms with E-state index in [1.54, 1.807) is 12.1 Å². The van der Waals surface area contributed by atoms with Crippen LogP contribution in [0.15, 0.2) is 36.4 Å². The predicted molar refractivity (Wildman–Crippen MR) is 90.8 cm³/mol. The fraction of sp³-hybridized carbons (Fsp3) is 0.353. The fourth-order valence-electron chi connectivity index (χ4n) is 3.06. The molecule has 1 aliphatic rings. The highest BCUT2D eigenvalue weighted by molar-refractivity contribution is 5.74. The second kappa shape index (κ2) is 6.69. The molecule has 0 unspecified atom stereocenters. The molecule has 27 heavy (non-hydrogen) atoms. The van der Waals surface area contributed by atoms with Crippen LogP contribution in [0.3, 0.4) is 0 Å². The zero-order valence-corrected chi connectivity index (χ0v) is 14.1. The van der Waals surface area contributed by atoms with Crippen LogP contribution in [-0.2, 0) is 0 Å². The lowest BCUT2D eigenvalue weighted by Gasteiger charge is -2.30. The van der Waals surface area contributed by atoms with E-state index >= 15 is 0 Å². The van der Waals surface area contributed by atoms with Gasteiger partial charge in [0.25, 0.3) is 0 Å². The zero-order valence-electron chi connectivity index (χ0n) is 14.1. The van der Waals surface area contributed by atoms with Crippen LogP contribution in [0, 0.1) is 0 Å². The van der Waals surface area contributed by atoms with E-state index in [1.165, 1.54) is 22.9 Å². The average Bonchev–Trinajstić information content (AvgIpc) is 3.04. The lowest BCUT2D eigenvalue weighted by molar-refractivity contribution is -0.274. The van der Waals surface area contributed by atoms with Crippen molar-refractivity contribution < 1.29 is 23.0 Å². The van der Waals surface area contributed by atoms with Gasteiger partial charge in [0.2, 0.25) is 0 Å². The SMILES string of the molecule is OC1CCN(c2ccc3nnn(-c4cccc(OC(F)(F)F)c4)c3n2)CC1. The highest BCUT2D eigenvalue weighted by atomic mass is 19.4. The number of aliphatic hydroxyl groups excluding tert-OH is 1.